The lowest BCUT2D eigenvalue weighted by Crippen LogP contribution is -2.13. The summed E-state index contributed by atoms with van der Waals surface area (Å²) in [6.07, 6.45) is 0. The van der Waals surface area contributed by atoms with Gasteiger partial charge in [-0.25, -0.2) is 0 Å². The third-order valence-corrected chi connectivity index (χ3v) is 1.88. The number of hydrogen-bond acceptors (Lipinski definition) is 4. The number of anilines is 1. The normalized spacial score (nSPS) is 9.93. The van der Waals surface area contributed by atoms with Gasteiger partial charge in [-0.05, 0) is 37.9 Å². The molecule has 1 aromatic rings. The summed E-state index contributed by atoms with van der Waals surface area (Å²) in [7, 11) is 3.92. The van der Waals surface area contributed by atoms with E-state index in [9.17, 15) is 0 Å². The van der Waals surface area contributed by atoms with Crippen LogP contribution in [0.2, 0.25) is 0 Å². The van der Waals surface area contributed by atoms with Crippen molar-refractivity contribution < 1.29 is 0 Å². The SMILES string of the molecule is CN(C)Cc1cc(NN)ccc1C#N. The van der Waals surface area contributed by atoms with Crippen molar-refractivity contribution in [2.24, 2.45) is 5.84 Å². The topological polar surface area (TPSA) is 65.1 Å². The first-order valence-corrected chi connectivity index (χ1v) is 4.31. The van der Waals surface area contributed by atoms with Crippen molar-refractivity contribution in [3.05, 3.63) is 29.3 Å². The van der Waals surface area contributed by atoms with E-state index in [0.717, 1.165) is 17.8 Å². The van der Waals surface area contributed by atoms with E-state index in [1.165, 1.54) is 0 Å². The van der Waals surface area contributed by atoms with Gasteiger partial charge in [0.2, 0.25) is 0 Å². The van der Waals surface area contributed by atoms with E-state index in [2.05, 4.69) is 11.5 Å². The van der Waals surface area contributed by atoms with Crippen molar-refractivity contribution in [1.29, 1.82) is 5.26 Å². The van der Waals surface area contributed by atoms with Crippen LogP contribution in [0.15, 0.2) is 18.2 Å². The molecule has 3 N–H and O–H groups in total. The molecule has 0 atom stereocenters. The zero-order valence-electron chi connectivity index (χ0n) is 8.41. The number of nitrogens with zero attached hydrogens (tertiary/aromatic N) is 2. The summed E-state index contributed by atoms with van der Waals surface area (Å²) in [5, 5.41) is 8.87. The van der Waals surface area contributed by atoms with Crippen LogP contribution in [0.4, 0.5) is 5.69 Å². The Morgan fingerprint density at radius 3 is 2.71 bits per heavy atom. The molecular weight excluding hydrogens is 176 g/mol. The Balaban J connectivity index is 3.03. The van der Waals surface area contributed by atoms with E-state index in [0.29, 0.717) is 5.56 Å². The van der Waals surface area contributed by atoms with E-state index < -0.39 is 0 Å². The molecular formula is C10H14N4. The van der Waals surface area contributed by atoms with Gasteiger partial charge < -0.3 is 10.3 Å². The Morgan fingerprint density at radius 2 is 2.21 bits per heavy atom. The van der Waals surface area contributed by atoms with E-state index in [4.69, 9.17) is 11.1 Å². The van der Waals surface area contributed by atoms with Crippen LogP contribution in [0.25, 0.3) is 0 Å². The zero-order valence-corrected chi connectivity index (χ0v) is 8.41. The maximum absolute atomic E-state index is 8.87. The molecule has 14 heavy (non-hydrogen) atoms. The smallest absolute Gasteiger partial charge is 0.0995 e. The number of nitrogens with one attached hydrogen (secondary N) is 1. The van der Waals surface area contributed by atoms with Gasteiger partial charge in [0, 0.05) is 12.2 Å². The van der Waals surface area contributed by atoms with Crippen molar-refractivity contribution in [2.45, 2.75) is 6.54 Å². The average molecular weight is 190 g/mol. The predicted molar refractivity (Wildman–Crippen MR) is 56.4 cm³/mol. The minimum Gasteiger partial charge on any atom is -0.324 e. The fraction of sp³-hybridized carbons (Fsp3) is 0.300. The van der Waals surface area contributed by atoms with Crippen molar-refractivity contribution in [1.82, 2.24) is 4.90 Å². The first-order chi connectivity index (χ1) is 6.67. The zero-order chi connectivity index (χ0) is 10.6. The van der Waals surface area contributed by atoms with Gasteiger partial charge in [0.1, 0.15) is 0 Å². The van der Waals surface area contributed by atoms with Crippen LogP contribution >= 0.6 is 0 Å². The molecule has 1 rings (SSSR count). The second-order valence-electron chi connectivity index (χ2n) is 3.37. The molecule has 0 fully saturated rings. The first-order valence-electron chi connectivity index (χ1n) is 4.31. The Morgan fingerprint density at radius 1 is 1.50 bits per heavy atom. The maximum Gasteiger partial charge on any atom is 0.0995 e. The fourth-order valence-corrected chi connectivity index (χ4v) is 1.26. The molecule has 0 unspecified atom stereocenters. The van der Waals surface area contributed by atoms with E-state index in [1.807, 2.05) is 25.1 Å². The Kier molecular flexibility index (Phi) is 3.46. The molecule has 0 bridgehead atoms. The van der Waals surface area contributed by atoms with Crippen molar-refractivity contribution >= 4 is 5.69 Å². The molecule has 4 nitrogen and oxygen atoms in total. The molecule has 0 saturated heterocycles. The van der Waals surface area contributed by atoms with Crippen LogP contribution in [-0.4, -0.2) is 19.0 Å². The molecule has 4 heteroatoms. The van der Waals surface area contributed by atoms with Crippen LogP contribution < -0.4 is 11.3 Å². The number of hydrogen-bond donors (Lipinski definition) is 2. The Labute approximate surface area is 83.9 Å². The van der Waals surface area contributed by atoms with Crippen molar-refractivity contribution in [3.8, 4) is 6.07 Å². The maximum atomic E-state index is 8.87. The van der Waals surface area contributed by atoms with Crippen LogP contribution in [0.3, 0.4) is 0 Å². The summed E-state index contributed by atoms with van der Waals surface area (Å²) < 4.78 is 0. The number of nitriles is 1. The van der Waals surface area contributed by atoms with Crippen LogP contribution in [0.5, 0.6) is 0 Å². The number of nitrogens with two attached hydrogens (primary N) is 1. The molecule has 74 valence electrons. The summed E-state index contributed by atoms with van der Waals surface area (Å²) in [6, 6.07) is 7.61. The molecule has 0 amide bonds. The van der Waals surface area contributed by atoms with Gasteiger partial charge in [-0.1, -0.05) is 0 Å². The Bertz CT molecular complexity index is 352. The summed E-state index contributed by atoms with van der Waals surface area (Å²) in [4.78, 5) is 2.01. The van der Waals surface area contributed by atoms with E-state index >= 15 is 0 Å². The van der Waals surface area contributed by atoms with Crippen LogP contribution in [-0.2, 0) is 6.54 Å². The highest BCUT2D eigenvalue weighted by Crippen LogP contribution is 2.15. The molecule has 0 aliphatic rings. The van der Waals surface area contributed by atoms with Gasteiger partial charge in [-0.2, -0.15) is 5.26 Å². The minimum absolute atomic E-state index is 0.692. The van der Waals surface area contributed by atoms with Crippen molar-refractivity contribution in [3.63, 3.8) is 0 Å². The highest BCUT2D eigenvalue weighted by Gasteiger charge is 2.03. The molecule has 0 aromatic heterocycles. The standard InChI is InChI=1S/C10H14N4/c1-14(2)7-9-5-10(13-12)4-3-8(9)6-11/h3-5,13H,7,12H2,1-2H3. The molecule has 0 saturated carbocycles. The summed E-state index contributed by atoms with van der Waals surface area (Å²) in [5.74, 6) is 5.29. The average Bonchev–Trinajstić information content (AvgIpc) is 2.16. The predicted octanol–water partition coefficient (Wildman–Crippen LogP) is 0.905. The molecule has 1 aromatic carbocycles. The van der Waals surface area contributed by atoms with Gasteiger partial charge in [-0.3, -0.25) is 5.84 Å². The second kappa shape index (κ2) is 4.61. The van der Waals surface area contributed by atoms with E-state index in [-0.39, 0.29) is 0 Å². The van der Waals surface area contributed by atoms with Crippen LogP contribution in [0, 0.1) is 11.3 Å². The third-order valence-electron chi connectivity index (χ3n) is 1.88. The molecule has 0 aliphatic carbocycles. The van der Waals surface area contributed by atoms with Gasteiger partial charge in [-0.15, -0.1) is 0 Å². The number of rotatable bonds is 3. The van der Waals surface area contributed by atoms with Crippen LogP contribution in [0.1, 0.15) is 11.1 Å². The summed E-state index contributed by atoms with van der Waals surface area (Å²) in [5.41, 5.74) is 5.06. The van der Waals surface area contributed by atoms with E-state index in [1.54, 1.807) is 12.1 Å². The lowest BCUT2D eigenvalue weighted by atomic mass is 10.1. The molecule has 0 spiro atoms. The third kappa shape index (κ3) is 2.46. The molecule has 0 radical (unpaired) electrons. The number of nitrogen functional groups attached to an aromatic ring is 1. The fourth-order valence-electron chi connectivity index (χ4n) is 1.26. The lowest BCUT2D eigenvalue weighted by molar-refractivity contribution is 0.402. The molecule has 0 heterocycles. The minimum atomic E-state index is 0.692. The largest absolute Gasteiger partial charge is 0.324 e. The van der Waals surface area contributed by atoms with Gasteiger partial charge in [0.05, 0.1) is 11.6 Å². The highest BCUT2D eigenvalue weighted by atomic mass is 15.2. The quantitative estimate of drug-likeness (QED) is 0.549. The monoisotopic (exact) mass is 190 g/mol. The number of benzene rings is 1. The first kappa shape index (κ1) is 10.5. The highest BCUT2D eigenvalue weighted by molar-refractivity contribution is 5.51. The van der Waals surface area contributed by atoms with Gasteiger partial charge in [0.15, 0.2) is 0 Å². The molecule has 0 aliphatic heterocycles. The lowest BCUT2D eigenvalue weighted by Gasteiger charge is -2.12. The second-order valence-corrected chi connectivity index (χ2v) is 3.37. The summed E-state index contributed by atoms with van der Waals surface area (Å²) >= 11 is 0. The van der Waals surface area contributed by atoms with Gasteiger partial charge >= 0.3 is 0 Å². The Hall–Kier alpha value is -1.57. The summed E-state index contributed by atoms with van der Waals surface area (Å²) in [6.45, 7) is 0.735. The van der Waals surface area contributed by atoms with Gasteiger partial charge in [0.25, 0.3) is 0 Å². The van der Waals surface area contributed by atoms with Crippen molar-refractivity contribution in [2.75, 3.05) is 19.5 Å². The number of hydrazine groups is 1.